The third kappa shape index (κ3) is 4.07. The van der Waals surface area contributed by atoms with Crippen molar-refractivity contribution < 1.29 is 13.9 Å². The number of benzene rings is 2. The number of pyridine rings is 1. The molecule has 4 aromatic rings. The second kappa shape index (κ2) is 7.61. The van der Waals surface area contributed by atoms with Crippen molar-refractivity contribution in [1.29, 1.82) is 0 Å². The van der Waals surface area contributed by atoms with E-state index in [4.69, 9.17) is 9.15 Å². The topological polar surface area (TPSA) is 78.1 Å². The molecule has 4 rings (SSSR count). The molecule has 0 atom stereocenters. The largest absolute Gasteiger partial charge is 0.452 e. The van der Waals surface area contributed by atoms with Crippen molar-refractivity contribution in [2.75, 3.05) is 0 Å². The van der Waals surface area contributed by atoms with Crippen molar-refractivity contribution in [3.8, 4) is 11.5 Å². The zero-order valence-electron chi connectivity index (χ0n) is 14.3. The van der Waals surface area contributed by atoms with Crippen LogP contribution in [0, 0.1) is 0 Å². The molecule has 6 heteroatoms. The van der Waals surface area contributed by atoms with Gasteiger partial charge in [0.25, 0.3) is 5.89 Å². The van der Waals surface area contributed by atoms with Gasteiger partial charge < -0.3 is 9.15 Å². The molecule has 0 aliphatic heterocycles. The lowest BCUT2D eigenvalue weighted by Gasteiger charge is -1.99. The van der Waals surface area contributed by atoms with E-state index in [1.165, 1.54) is 6.08 Å². The fourth-order valence-corrected chi connectivity index (χ4v) is 2.52. The molecule has 0 saturated heterocycles. The molecular weight excluding hydrogens is 342 g/mol. The summed E-state index contributed by atoms with van der Waals surface area (Å²) in [7, 11) is 0. The number of esters is 1. The first-order chi connectivity index (χ1) is 13.3. The van der Waals surface area contributed by atoms with Crippen LogP contribution in [0.3, 0.4) is 0 Å². The van der Waals surface area contributed by atoms with Crippen LogP contribution < -0.4 is 0 Å². The van der Waals surface area contributed by atoms with Crippen LogP contribution in [0.15, 0.2) is 77.2 Å². The first kappa shape index (κ1) is 16.7. The van der Waals surface area contributed by atoms with Gasteiger partial charge in [0.1, 0.15) is 0 Å². The number of aromatic nitrogens is 3. The SMILES string of the molecule is O=C(/C=C/c1ccc2ccccc2n1)OCc1nnc(-c2ccccc2)o1. The maximum absolute atomic E-state index is 11.9. The number of hydrogen-bond donors (Lipinski definition) is 0. The summed E-state index contributed by atoms with van der Waals surface area (Å²) in [6.45, 7) is -0.0891. The number of hydrogen-bond acceptors (Lipinski definition) is 6. The van der Waals surface area contributed by atoms with Gasteiger partial charge in [-0.15, -0.1) is 10.2 Å². The number of rotatable bonds is 5. The summed E-state index contributed by atoms with van der Waals surface area (Å²) in [4.78, 5) is 16.4. The fourth-order valence-electron chi connectivity index (χ4n) is 2.52. The number of carbonyl (C=O) groups is 1. The van der Waals surface area contributed by atoms with E-state index in [2.05, 4.69) is 15.2 Å². The molecule has 0 spiro atoms. The predicted molar refractivity (Wildman–Crippen MR) is 100 cm³/mol. The number of nitrogens with zero attached hydrogens (tertiary/aromatic N) is 3. The summed E-state index contributed by atoms with van der Waals surface area (Å²) in [6, 6.07) is 21.0. The van der Waals surface area contributed by atoms with Crippen LogP contribution in [0.25, 0.3) is 28.4 Å². The second-order valence-electron chi connectivity index (χ2n) is 5.74. The van der Waals surface area contributed by atoms with E-state index in [-0.39, 0.29) is 12.5 Å². The van der Waals surface area contributed by atoms with Crippen LogP contribution in [0.1, 0.15) is 11.6 Å². The van der Waals surface area contributed by atoms with Crippen LogP contribution in [-0.4, -0.2) is 21.2 Å². The van der Waals surface area contributed by atoms with Gasteiger partial charge in [0.2, 0.25) is 5.89 Å². The first-order valence-corrected chi connectivity index (χ1v) is 8.36. The molecule has 0 radical (unpaired) electrons. The van der Waals surface area contributed by atoms with Gasteiger partial charge in [-0.05, 0) is 30.3 Å². The third-order valence-electron chi connectivity index (χ3n) is 3.84. The molecule has 2 heterocycles. The molecule has 0 fully saturated rings. The molecule has 0 N–H and O–H groups in total. The van der Waals surface area contributed by atoms with Gasteiger partial charge in [0, 0.05) is 17.0 Å². The first-order valence-electron chi connectivity index (χ1n) is 8.36. The average Bonchev–Trinajstić information content (AvgIpc) is 3.20. The van der Waals surface area contributed by atoms with E-state index in [0.29, 0.717) is 11.6 Å². The lowest BCUT2D eigenvalue weighted by Crippen LogP contribution is -2.01. The van der Waals surface area contributed by atoms with Gasteiger partial charge in [-0.25, -0.2) is 9.78 Å². The third-order valence-corrected chi connectivity index (χ3v) is 3.84. The summed E-state index contributed by atoms with van der Waals surface area (Å²) in [6.07, 6.45) is 2.93. The fraction of sp³-hybridized carbons (Fsp3) is 0.0476. The number of carbonyl (C=O) groups excluding carboxylic acids is 1. The molecule has 0 unspecified atom stereocenters. The molecule has 0 saturated carbocycles. The van der Waals surface area contributed by atoms with Crippen LogP contribution >= 0.6 is 0 Å². The Kier molecular flexibility index (Phi) is 4.70. The maximum atomic E-state index is 11.9. The van der Waals surface area contributed by atoms with Gasteiger partial charge in [-0.3, -0.25) is 0 Å². The van der Waals surface area contributed by atoms with Crippen LogP contribution in [0.2, 0.25) is 0 Å². The minimum atomic E-state index is -0.510. The smallest absolute Gasteiger partial charge is 0.331 e. The average molecular weight is 357 g/mol. The maximum Gasteiger partial charge on any atom is 0.331 e. The zero-order valence-corrected chi connectivity index (χ0v) is 14.3. The van der Waals surface area contributed by atoms with E-state index in [1.54, 1.807) is 6.08 Å². The molecule has 27 heavy (non-hydrogen) atoms. The van der Waals surface area contributed by atoms with E-state index in [0.717, 1.165) is 16.5 Å². The summed E-state index contributed by atoms with van der Waals surface area (Å²) in [5.74, 6) is 0.112. The molecule has 132 valence electrons. The lowest BCUT2D eigenvalue weighted by atomic mass is 10.2. The Bertz CT molecular complexity index is 1100. The monoisotopic (exact) mass is 357 g/mol. The molecule has 6 nitrogen and oxygen atoms in total. The van der Waals surface area contributed by atoms with Gasteiger partial charge >= 0.3 is 5.97 Å². The van der Waals surface area contributed by atoms with Crippen molar-refractivity contribution >= 4 is 22.9 Å². The Morgan fingerprint density at radius 1 is 0.963 bits per heavy atom. The Balaban J connectivity index is 1.36. The van der Waals surface area contributed by atoms with Crippen molar-refractivity contribution in [3.63, 3.8) is 0 Å². The van der Waals surface area contributed by atoms with E-state index >= 15 is 0 Å². The van der Waals surface area contributed by atoms with Gasteiger partial charge in [0.15, 0.2) is 6.61 Å². The Labute approximate surface area is 155 Å². The van der Waals surface area contributed by atoms with Crippen molar-refractivity contribution in [2.45, 2.75) is 6.61 Å². The lowest BCUT2D eigenvalue weighted by molar-refractivity contribution is -0.139. The molecular formula is C21H15N3O3. The highest BCUT2D eigenvalue weighted by molar-refractivity contribution is 5.87. The predicted octanol–water partition coefficient (Wildman–Crippen LogP) is 4.04. The summed E-state index contributed by atoms with van der Waals surface area (Å²) in [5.41, 5.74) is 2.35. The molecule has 0 aliphatic rings. The van der Waals surface area contributed by atoms with Crippen molar-refractivity contribution in [2.24, 2.45) is 0 Å². The number of fused-ring (bicyclic) bond motifs is 1. The van der Waals surface area contributed by atoms with Gasteiger partial charge in [0.05, 0.1) is 11.2 Å². The Morgan fingerprint density at radius 2 is 1.78 bits per heavy atom. The van der Waals surface area contributed by atoms with Crippen LogP contribution in [0.5, 0.6) is 0 Å². The summed E-state index contributed by atoms with van der Waals surface area (Å²) < 4.78 is 10.6. The standard InChI is InChI=1S/C21H15N3O3/c25-20(13-12-17-11-10-15-6-4-5-9-18(15)22-17)26-14-19-23-24-21(27-19)16-7-2-1-3-8-16/h1-13H,14H2/b13-12+. The van der Waals surface area contributed by atoms with Crippen molar-refractivity contribution in [1.82, 2.24) is 15.2 Å². The highest BCUT2D eigenvalue weighted by atomic mass is 16.5. The van der Waals surface area contributed by atoms with Crippen LogP contribution in [-0.2, 0) is 16.1 Å². The van der Waals surface area contributed by atoms with Gasteiger partial charge in [-0.2, -0.15) is 0 Å². The van der Waals surface area contributed by atoms with E-state index < -0.39 is 5.97 Å². The van der Waals surface area contributed by atoms with Crippen LogP contribution in [0.4, 0.5) is 0 Å². The normalized spacial score (nSPS) is 11.1. The Hall–Kier alpha value is -3.80. The molecule has 2 aromatic carbocycles. The summed E-state index contributed by atoms with van der Waals surface area (Å²) in [5, 5.41) is 8.88. The molecule has 0 aliphatic carbocycles. The summed E-state index contributed by atoms with van der Waals surface area (Å²) >= 11 is 0. The van der Waals surface area contributed by atoms with Gasteiger partial charge in [-0.1, -0.05) is 42.5 Å². The minimum Gasteiger partial charge on any atom is -0.452 e. The molecule has 0 bridgehead atoms. The zero-order chi connectivity index (χ0) is 18.5. The second-order valence-corrected chi connectivity index (χ2v) is 5.74. The highest BCUT2D eigenvalue weighted by Crippen LogP contribution is 2.17. The van der Waals surface area contributed by atoms with Crippen molar-refractivity contribution in [3.05, 3.63) is 84.4 Å². The molecule has 2 aromatic heterocycles. The van der Waals surface area contributed by atoms with E-state index in [1.807, 2.05) is 66.7 Å². The quantitative estimate of drug-likeness (QED) is 0.396. The molecule has 0 amide bonds. The van der Waals surface area contributed by atoms with E-state index in [9.17, 15) is 4.79 Å². The Morgan fingerprint density at radius 3 is 2.67 bits per heavy atom. The number of ether oxygens (including phenoxy) is 1. The minimum absolute atomic E-state index is 0.0891. The number of para-hydroxylation sites is 1. The highest BCUT2D eigenvalue weighted by Gasteiger charge is 2.09.